The highest BCUT2D eigenvalue weighted by molar-refractivity contribution is 5.86. The van der Waals surface area contributed by atoms with Gasteiger partial charge in [0.1, 0.15) is 54.2 Å². The van der Waals surface area contributed by atoms with Gasteiger partial charge in [-0.2, -0.15) is 10.2 Å². The van der Waals surface area contributed by atoms with Gasteiger partial charge in [-0.05, 0) is 30.7 Å². The second kappa shape index (κ2) is 13.6. The fourth-order valence-corrected chi connectivity index (χ4v) is 4.35. The highest BCUT2D eigenvalue weighted by Crippen LogP contribution is 2.28. The van der Waals surface area contributed by atoms with E-state index in [1.165, 1.54) is 12.4 Å². The molecule has 0 amide bonds. The molecule has 40 heavy (non-hydrogen) atoms. The van der Waals surface area contributed by atoms with E-state index in [1.807, 2.05) is 0 Å². The van der Waals surface area contributed by atoms with E-state index in [0.29, 0.717) is 23.3 Å². The maximum Gasteiger partial charge on any atom is 0.229 e. The van der Waals surface area contributed by atoms with E-state index in [1.54, 1.807) is 55.5 Å². The first-order chi connectivity index (χ1) is 19.2. The molecule has 13 nitrogen and oxygen atoms in total. The summed E-state index contributed by atoms with van der Waals surface area (Å²) in [5, 5.41) is 78.3. The summed E-state index contributed by atoms with van der Waals surface area (Å²) in [6.45, 7) is 1.20. The monoisotopic (exact) mass is 562 g/mol. The SMILES string of the molecule is CC[C@H]1O[C@@H](Oc2ccccc2/C=N/N=C/c2ccccc2O[C@@H]2O[C@H](CO)[C@H](O)[C@H](O)[C@H]2O)[C@H](O)[C@@H](O)[C@H]1O. The van der Waals surface area contributed by atoms with Gasteiger partial charge >= 0.3 is 0 Å². The number of ether oxygens (including phenoxy) is 4. The Morgan fingerprint density at radius 3 is 1.52 bits per heavy atom. The fraction of sp³-hybridized carbons (Fsp3) is 0.481. The number of hydrogen-bond acceptors (Lipinski definition) is 13. The van der Waals surface area contributed by atoms with E-state index in [9.17, 15) is 35.7 Å². The van der Waals surface area contributed by atoms with Crippen molar-refractivity contribution in [2.45, 2.75) is 74.8 Å². The van der Waals surface area contributed by atoms with E-state index in [-0.39, 0.29) is 5.75 Å². The van der Waals surface area contributed by atoms with Gasteiger partial charge in [-0.25, -0.2) is 0 Å². The molecule has 2 aromatic rings. The average Bonchev–Trinajstić information content (AvgIpc) is 2.97. The maximum atomic E-state index is 10.3. The molecule has 2 aliphatic rings. The summed E-state index contributed by atoms with van der Waals surface area (Å²) in [5.74, 6) is 0.541. The van der Waals surface area contributed by atoms with E-state index in [0.717, 1.165) is 0 Å². The molecule has 0 radical (unpaired) electrons. The molecule has 2 fully saturated rings. The summed E-state index contributed by atoms with van der Waals surface area (Å²) in [7, 11) is 0. The lowest BCUT2D eigenvalue weighted by atomic mass is 9.97. The van der Waals surface area contributed by atoms with Crippen LogP contribution in [0.5, 0.6) is 11.5 Å². The molecule has 0 saturated carbocycles. The van der Waals surface area contributed by atoms with Crippen LogP contribution in [0.25, 0.3) is 0 Å². The van der Waals surface area contributed by atoms with Crippen molar-refractivity contribution in [1.29, 1.82) is 0 Å². The molecule has 10 atom stereocenters. The Morgan fingerprint density at radius 2 is 1.07 bits per heavy atom. The van der Waals surface area contributed by atoms with Crippen LogP contribution in [0.1, 0.15) is 24.5 Å². The third-order valence-electron chi connectivity index (χ3n) is 6.70. The van der Waals surface area contributed by atoms with Crippen LogP contribution in [0.3, 0.4) is 0 Å². The predicted octanol–water partition coefficient (Wildman–Crippen LogP) is -1.09. The van der Waals surface area contributed by atoms with E-state index < -0.39 is 68.0 Å². The van der Waals surface area contributed by atoms with Crippen molar-refractivity contribution in [3.63, 3.8) is 0 Å². The molecule has 2 aliphatic heterocycles. The third kappa shape index (κ3) is 6.66. The number of nitrogens with zero attached hydrogens (tertiary/aromatic N) is 2. The largest absolute Gasteiger partial charge is 0.461 e. The highest BCUT2D eigenvalue weighted by atomic mass is 16.7. The second-order valence-electron chi connectivity index (χ2n) is 9.42. The molecule has 0 bridgehead atoms. The van der Waals surface area contributed by atoms with Gasteiger partial charge in [0.25, 0.3) is 0 Å². The minimum Gasteiger partial charge on any atom is -0.461 e. The molecule has 7 N–H and O–H groups in total. The lowest BCUT2D eigenvalue weighted by Crippen LogP contribution is -2.60. The van der Waals surface area contributed by atoms with Crippen LogP contribution >= 0.6 is 0 Å². The molecule has 2 saturated heterocycles. The van der Waals surface area contributed by atoms with Gasteiger partial charge in [-0.3, -0.25) is 0 Å². The van der Waals surface area contributed by atoms with Crippen LogP contribution in [0.4, 0.5) is 0 Å². The van der Waals surface area contributed by atoms with Crippen LogP contribution in [0.2, 0.25) is 0 Å². The molecule has 2 aromatic carbocycles. The van der Waals surface area contributed by atoms with Crippen molar-refractivity contribution in [3.8, 4) is 11.5 Å². The smallest absolute Gasteiger partial charge is 0.229 e. The van der Waals surface area contributed by atoms with Gasteiger partial charge in [0.05, 0.1) is 25.1 Å². The van der Waals surface area contributed by atoms with Crippen LogP contribution < -0.4 is 9.47 Å². The quantitative estimate of drug-likeness (QED) is 0.145. The molecular formula is C27H34N2O11. The summed E-state index contributed by atoms with van der Waals surface area (Å²) in [5.41, 5.74) is 0.952. The van der Waals surface area contributed by atoms with Crippen molar-refractivity contribution < 1.29 is 54.7 Å². The van der Waals surface area contributed by atoms with E-state index >= 15 is 0 Å². The van der Waals surface area contributed by atoms with Crippen molar-refractivity contribution in [2.24, 2.45) is 10.2 Å². The number of benzene rings is 2. The summed E-state index contributed by atoms with van der Waals surface area (Å²) in [4.78, 5) is 0. The Bertz CT molecular complexity index is 1070. The lowest BCUT2D eigenvalue weighted by Gasteiger charge is -2.40. The van der Waals surface area contributed by atoms with E-state index in [4.69, 9.17) is 18.9 Å². The van der Waals surface area contributed by atoms with Gasteiger partial charge in [-0.1, -0.05) is 31.2 Å². The zero-order valence-corrected chi connectivity index (χ0v) is 21.6. The Kier molecular flexibility index (Phi) is 10.2. The summed E-state index contributed by atoms with van der Waals surface area (Å²) >= 11 is 0. The Balaban J connectivity index is 1.45. The number of rotatable bonds is 9. The standard InChI is InChI=1S/C27H34N2O11/c1-2-16-20(31)22(33)24(35)26(37-16)38-17-9-5-3-7-14(17)11-28-29-12-15-8-4-6-10-18(15)39-27-25(36)23(34)21(32)19(13-30)40-27/h3-12,16,19-27,30-36H,2,13H2,1H3/b28-11+,29-12+/t16-,19-,20+,21+,22+,23+,24-,25-,26+,27-/m1/s1. The van der Waals surface area contributed by atoms with Crippen LogP contribution in [-0.2, 0) is 9.47 Å². The first-order valence-corrected chi connectivity index (χ1v) is 12.8. The molecular weight excluding hydrogens is 528 g/mol. The molecule has 0 unspecified atom stereocenters. The van der Waals surface area contributed by atoms with Gasteiger partial charge in [-0.15, -0.1) is 0 Å². The fourth-order valence-electron chi connectivity index (χ4n) is 4.35. The van der Waals surface area contributed by atoms with Crippen LogP contribution in [0.15, 0.2) is 58.7 Å². The highest BCUT2D eigenvalue weighted by Gasteiger charge is 2.45. The second-order valence-corrected chi connectivity index (χ2v) is 9.42. The normalized spacial score (nSPS) is 34.8. The first-order valence-electron chi connectivity index (χ1n) is 12.8. The average molecular weight is 563 g/mol. The number of para-hydroxylation sites is 2. The van der Waals surface area contributed by atoms with Gasteiger partial charge in [0, 0.05) is 11.1 Å². The summed E-state index contributed by atoms with van der Waals surface area (Å²) in [6, 6.07) is 13.4. The molecule has 0 spiro atoms. The Morgan fingerprint density at radius 1 is 0.650 bits per heavy atom. The molecule has 0 aromatic heterocycles. The molecule has 2 heterocycles. The first kappa shape index (κ1) is 30.0. The number of aliphatic hydroxyl groups is 7. The minimum absolute atomic E-state index is 0.240. The van der Waals surface area contributed by atoms with Crippen LogP contribution in [0, 0.1) is 0 Å². The topological polar surface area (TPSA) is 203 Å². The summed E-state index contributed by atoms with van der Waals surface area (Å²) < 4.78 is 22.6. The number of hydrogen-bond donors (Lipinski definition) is 7. The van der Waals surface area contributed by atoms with Crippen molar-refractivity contribution in [3.05, 3.63) is 59.7 Å². The number of aliphatic hydroxyl groups excluding tert-OH is 7. The Labute approximate surface area is 230 Å². The molecule has 218 valence electrons. The summed E-state index contributed by atoms with van der Waals surface area (Å²) in [6.07, 6.45) is -9.99. The van der Waals surface area contributed by atoms with E-state index in [2.05, 4.69) is 10.2 Å². The van der Waals surface area contributed by atoms with Crippen molar-refractivity contribution >= 4 is 12.4 Å². The van der Waals surface area contributed by atoms with Gasteiger partial charge in [0.15, 0.2) is 0 Å². The Hall–Kier alpha value is -2.98. The predicted molar refractivity (Wildman–Crippen MR) is 140 cm³/mol. The zero-order chi connectivity index (χ0) is 28.8. The minimum atomic E-state index is -1.58. The maximum absolute atomic E-state index is 10.3. The van der Waals surface area contributed by atoms with Crippen molar-refractivity contribution in [2.75, 3.05) is 6.61 Å². The van der Waals surface area contributed by atoms with Gasteiger partial charge in [0.2, 0.25) is 12.6 Å². The lowest BCUT2D eigenvalue weighted by molar-refractivity contribution is -0.277. The third-order valence-corrected chi connectivity index (χ3v) is 6.70. The van der Waals surface area contributed by atoms with Crippen LogP contribution in [-0.4, -0.2) is 116 Å². The van der Waals surface area contributed by atoms with Crippen molar-refractivity contribution in [1.82, 2.24) is 0 Å². The molecule has 4 rings (SSSR count). The zero-order valence-electron chi connectivity index (χ0n) is 21.6. The van der Waals surface area contributed by atoms with Gasteiger partial charge < -0.3 is 54.7 Å². The molecule has 13 heteroatoms. The molecule has 0 aliphatic carbocycles.